The number of thioether (sulfide) groups is 1. The van der Waals surface area contributed by atoms with Gasteiger partial charge in [-0.3, -0.25) is 4.79 Å². The molecule has 4 heteroatoms. The lowest BCUT2D eigenvalue weighted by Crippen LogP contribution is -2.08. The van der Waals surface area contributed by atoms with E-state index in [1.165, 1.54) is 17.3 Å². The summed E-state index contributed by atoms with van der Waals surface area (Å²) in [7, 11) is 3.82. The summed E-state index contributed by atoms with van der Waals surface area (Å²) in [4.78, 5) is 16.3. The molecule has 0 atom stereocenters. The average molecular weight is 332 g/mol. The Bertz CT molecular complexity index is 675. The molecule has 0 saturated carbocycles. The predicted octanol–water partition coefficient (Wildman–Crippen LogP) is 5.03. The Morgan fingerprint density at radius 1 is 1.05 bits per heavy atom. The van der Waals surface area contributed by atoms with E-state index in [0.717, 1.165) is 4.90 Å². The number of hydrogen-bond donors (Lipinski definition) is 0. The van der Waals surface area contributed by atoms with Gasteiger partial charge in [-0.15, -0.1) is 0 Å². The van der Waals surface area contributed by atoms with Gasteiger partial charge in [-0.1, -0.05) is 41.1 Å². The Morgan fingerprint density at radius 2 is 1.64 bits per heavy atom. The summed E-state index contributed by atoms with van der Waals surface area (Å²) in [6.45, 7) is 2.05. The maximum atomic E-state index is 12.7. The molecular formula is C18H18ClNOS. The van der Waals surface area contributed by atoms with Crippen LogP contribution >= 0.6 is 23.4 Å². The van der Waals surface area contributed by atoms with Crippen molar-refractivity contribution in [3.63, 3.8) is 0 Å². The van der Waals surface area contributed by atoms with E-state index in [0.29, 0.717) is 15.5 Å². The highest BCUT2D eigenvalue weighted by molar-refractivity contribution is 8.04. The predicted molar refractivity (Wildman–Crippen MR) is 94.6 cm³/mol. The summed E-state index contributed by atoms with van der Waals surface area (Å²) in [6.07, 6.45) is 1.85. The smallest absolute Gasteiger partial charge is 0.201 e. The zero-order valence-electron chi connectivity index (χ0n) is 12.8. The van der Waals surface area contributed by atoms with Crippen molar-refractivity contribution < 1.29 is 4.79 Å². The molecule has 114 valence electrons. The molecule has 0 aliphatic heterocycles. The zero-order valence-corrected chi connectivity index (χ0v) is 14.4. The number of carbonyl (C=O) groups is 1. The van der Waals surface area contributed by atoms with Gasteiger partial charge in [0.1, 0.15) is 0 Å². The number of Topliss-reactive ketones (excluding diaryl/α,β-unsaturated/α-hetero) is 1. The molecule has 2 aromatic rings. The molecule has 0 amide bonds. The first-order chi connectivity index (χ1) is 10.5. The Hall–Kier alpha value is -1.71. The summed E-state index contributed by atoms with van der Waals surface area (Å²) >= 11 is 7.36. The van der Waals surface area contributed by atoms with E-state index in [2.05, 4.69) is 0 Å². The minimum atomic E-state index is -0.00376. The molecule has 2 rings (SSSR count). The molecule has 0 aromatic heterocycles. The van der Waals surface area contributed by atoms with E-state index in [1.807, 2.05) is 56.4 Å². The standard InChI is InChI=1S/C18H18ClNOS/c1-13-4-10-16(11-5-13)22-17(12-20(2)3)18(21)14-6-8-15(19)9-7-14/h4-12H,1-3H3/b17-12-. The van der Waals surface area contributed by atoms with Crippen LogP contribution in [0.1, 0.15) is 15.9 Å². The van der Waals surface area contributed by atoms with E-state index in [4.69, 9.17) is 11.6 Å². The number of benzene rings is 2. The Balaban J connectivity index is 2.28. The van der Waals surface area contributed by atoms with Gasteiger partial charge in [-0.05, 0) is 43.3 Å². The first kappa shape index (κ1) is 16.7. The van der Waals surface area contributed by atoms with Crippen LogP contribution in [0.4, 0.5) is 0 Å². The summed E-state index contributed by atoms with van der Waals surface area (Å²) < 4.78 is 0. The van der Waals surface area contributed by atoms with Crippen LogP contribution in [0.15, 0.2) is 64.5 Å². The third kappa shape index (κ3) is 4.65. The van der Waals surface area contributed by atoms with Crippen molar-refractivity contribution in [3.05, 3.63) is 75.8 Å². The first-order valence-corrected chi connectivity index (χ1v) is 8.08. The fraction of sp³-hybridized carbons (Fsp3) is 0.167. The fourth-order valence-electron chi connectivity index (χ4n) is 1.84. The van der Waals surface area contributed by atoms with Crippen LogP contribution in [0.25, 0.3) is 0 Å². The highest BCUT2D eigenvalue weighted by Gasteiger charge is 2.14. The molecule has 0 spiro atoms. The number of hydrogen-bond acceptors (Lipinski definition) is 3. The lowest BCUT2D eigenvalue weighted by atomic mass is 10.1. The monoisotopic (exact) mass is 331 g/mol. The molecule has 22 heavy (non-hydrogen) atoms. The van der Waals surface area contributed by atoms with Crippen LogP contribution in [0.3, 0.4) is 0 Å². The number of aryl methyl sites for hydroxylation is 1. The summed E-state index contributed by atoms with van der Waals surface area (Å²) in [5.74, 6) is -0.00376. The third-order valence-electron chi connectivity index (χ3n) is 2.95. The van der Waals surface area contributed by atoms with E-state index < -0.39 is 0 Å². The third-order valence-corrected chi connectivity index (χ3v) is 4.23. The number of allylic oxidation sites excluding steroid dienone is 1. The summed E-state index contributed by atoms with van der Waals surface area (Å²) in [6, 6.07) is 15.1. The van der Waals surface area contributed by atoms with Crippen molar-refractivity contribution in [2.24, 2.45) is 0 Å². The second-order valence-corrected chi connectivity index (χ2v) is 6.76. The topological polar surface area (TPSA) is 20.3 Å². The minimum Gasteiger partial charge on any atom is -0.382 e. The molecule has 2 nitrogen and oxygen atoms in total. The largest absolute Gasteiger partial charge is 0.382 e. The van der Waals surface area contributed by atoms with E-state index in [-0.39, 0.29) is 5.78 Å². The van der Waals surface area contributed by atoms with Crippen molar-refractivity contribution in [3.8, 4) is 0 Å². The van der Waals surface area contributed by atoms with Crippen LogP contribution < -0.4 is 0 Å². The molecule has 2 aromatic carbocycles. The number of nitrogens with zero attached hydrogens (tertiary/aromatic N) is 1. The minimum absolute atomic E-state index is 0.00376. The van der Waals surface area contributed by atoms with Gasteiger partial charge in [0.15, 0.2) is 0 Å². The van der Waals surface area contributed by atoms with Crippen molar-refractivity contribution in [2.75, 3.05) is 14.1 Å². The first-order valence-electron chi connectivity index (χ1n) is 6.89. The molecule has 0 saturated heterocycles. The van der Waals surface area contributed by atoms with Gasteiger partial charge in [0, 0.05) is 35.8 Å². The Labute approximate surface area is 140 Å². The number of carbonyl (C=O) groups excluding carboxylic acids is 1. The van der Waals surface area contributed by atoms with Crippen LogP contribution in [-0.2, 0) is 0 Å². The summed E-state index contributed by atoms with van der Waals surface area (Å²) in [5, 5.41) is 0.626. The van der Waals surface area contributed by atoms with Crippen molar-refractivity contribution in [1.29, 1.82) is 0 Å². The Morgan fingerprint density at radius 3 is 2.18 bits per heavy atom. The average Bonchev–Trinajstić information content (AvgIpc) is 2.48. The van der Waals surface area contributed by atoms with Crippen LogP contribution in [0.5, 0.6) is 0 Å². The molecule has 0 aliphatic rings. The van der Waals surface area contributed by atoms with Crippen molar-refractivity contribution >= 4 is 29.1 Å². The zero-order chi connectivity index (χ0) is 16.1. The normalized spacial score (nSPS) is 11.4. The van der Waals surface area contributed by atoms with Crippen LogP contribution in [-0.4, -0.2) is 24.8 Å². The van der Waals surface area contributed by atoms with E-state index in [1.54, 1.807) is 24.3 Å². The lowest BCUT2D eigenvalue weighted by Gasteiger charge is -2.11. The maximum Gasteiger partial charge on any atom is 0.201 e. The van der Waals surface area contributed by atoms with Gasteiger partial charge < -0.3 is 4.90 Å². The molecule has 0 heterocycles. The number of ketones is 1. The number of rotatable bonds is 5. The molecular weight excluding hydrogens is 314 g/mol. The van der Waals surface area contributed by atoms with Crippen molar-refractivity contribution in [2.45, 2.75) is 11.8 Å². The molecule has 0 bridgehead atoms. The second-order valence-electron chi connectivity index (χ2n) is 5.21. The molecule has 0 aliphatic carbocycles. The van der Waals surface area contributed by atoms with E-state index >= 15 is 0 Å². The second kappa shape index (κ2) is 7.52. The molecule has 0 fully saturated rings. The quantitative estimate of drug-likeness (QED) is 0.435. The van der Waals surface area contributed by atoms with Gasteiger partial charge in [-0.25, -0.2) is 0 Å². The van der Waals surface area contributed by atoms with Crippen molar-refractivity contribution in [1.82, 2.24) is 4.90 Å². The SMILES string of the molecule is Cc1ccc(S/C(=C\N(C)C)C(=O)c2ccc(Cl)cc2)cc1. The summed E-state index contributed by atoms with van der Waals surface area (Å²) in [5.41, 5.74) is 1.84. The van der Waals surface area contributed by atoms with Gasteiger partial charge in [0.05, 0.1) is 4.91 Å². The fourth-order valence-corrected chi connectivity index (χ4v) is 2.97. The maximum absolute atomic E-state index is 12.7. The molecule has 0 N–H and O–H groups in total. The highest BCUT2D eigenvalue weighted by Crippen LogP contribution is 2.30. The van der Waals surface area contributed by atoms with Gasteiger partial charge in [-0.2, -0.15) is 0 Å². The highest BCUT2D eigenvalue weighted by atomic mass is 35.5. The van der Waals surface area contributed by atoms with Gasteiger partial charge in [0.2, 0.25) is 5.78 Å². The number of halogens is 1. The Kier molecular flexibility index (Phi) is 5.69. The van der Waals surface area contributed by atoms with Gasteiger partial charge >= 0.3 is 0 Å². The molecule has 0 unspecified atom stereocenters. The van der Waals surface area contributed by atoms with Crippen LogP contribution in [0.2, 0.25) is 5.02 Å². The molecule has 0 radical (unpaired) electrons. The lowest BCUT2D eigenvalue weighted by molar-refractivity contribution is 0.104. The van der Waals surface area contributed by atoms with E-state index in [9.17, 15) is 4.79 Å². The van der Waals surface area contributed by atoms with Gasteiger partial charge in [0.25, 0.3) is 0 Å². The van der Waals surface area contributed by atoms with Crippen LogP contribution in [0, 0.1) is 6.92 Å².